The number of hydrogen-bond acceptors (Lipinski definition) is 2. The summed E-state index contributed by atoms with van der Waals surface area (Å²) in [7, 11) is 1.99. The summed E-state index contributed by atoms with van der Waals surface area (Å²) in [6.07, 6.45) is 6.30. The van der Waals surface area contributed by atoms with Crippen molar-refractivity contribution < 1.29 is 0 Å². The molecule has 80 valence electrons. The maximum absolute atomic E-state index is 4.42. The number of aromatic nitrogens is 2. The maximum atomic E-state index is 4.42. The molecule has 1 N–H and O–H groups in total. The van der Waals surface area contributed by atoms with Crippen LogP contribution < -0.4 is 5.32 Å². The van der Waals surface area contributed by atoms with Gasteiger partial charge in [0, 0.05) is 24.9 Å². The van der Waals surface area contributed by atoms with Crippen LogP contribution in [0, 0.1) is 0 Å². The molecule has 1 aromatic rings. The molecule has 0 aromatic carbocycles. The predicted molar refractivity (Wildman–Crippen MR) is 59.5 cm³/mol. The van der Waals surface area contributed by atoms with Crippen LogP contribution in [-0.2, 0) is 6.54 Å². The molecule has 3 nitrogen and oxygen atoms in total. The molecular weight excluding hydrogens is 174 g/mol. The molecule has 3 heteroatoms. The third kappa shape index (κ3) is 2.84. The molecular formula is C11H21N3. The standard InChI is InChI=1S/C11H21N3/c1-4-8-14-9-7-13-11(14)10(2)5-6-12-3/h7,9-10,12H,4-6,8H2,1-3H3. The summed E-state index contributed by atoms with van der Waals surface area (Å²) in [5.41, 5.74) is 0. The lowest BCUT2D eigenvalue weighted by molar-refractivity contribution is 0.553. The largest absolute Gasteiger partial charge is 0.335 e. The molecule has 1 aromatic heterocycles. The van der Waals surface area contributed by atoms with Gasteiger partial charge in [-0.25, -0.2) is 4.98 Å². The second-order valence-electron chi connectivity index (χ2n) is 3.77. The molecule has 0 fully saturated rings. The smallest absolute Gasteiger partial charge is 0.111 e. The van der Waals surface area contributed by atoms with Gasteiger partial charge < -0.3 is 9.88 Å². The molecule has 0 saturated carbocycles. The molecule has 1 heterocycles. The molecule has 0 bridgehead atoms. The summed E-state index contributed by atoms with van der Waals surface area (Å²) >= 11 is 0. The van der Waals surface area contributed by atoms with E-state index in [9.17, 15) is 0 Å². The van der Waals surface area contributed by atoms with Crippen molar-refractivity contribution in [2.45, 2.75) is 39.2 Å². The topological polar surface area (TPSA) is 29.9 Å². The van der Waals surface area contributed by atoms with Gasteiger partial charge in [0.15, 0.2) is 0 Å². The third-order valence-corrected chi connectivity index (χ3v) is 2.48. The first-order valence-corrected chi connectivity index (χ1v) is 5.45. The van der Waals surface area contributed by atoms with Crippen molar-refractivity contribution in [1.29, 1.82) is 0 Å². The van der Waals surface area contributed by atoms with E-state index in [1.54, 1.807) is 0 Å². The first kappa shape index (κ1) is 11.2. The van der Waals surface area contributed by atoms with Gasteiger partial charge in [0.2, 0.25) is 0 Å². The van der Waals surface area contributed by atoms with Crippen LogP contribution in [0.5, 0.6) is 0 Å². The van der Waals surface area contributed by atoms with E-state index in [4.69, 9.17) is 0 Å². The minimum absolute atomic E-state index is 0.545. The lowest BCUT2D eigenvalue weighted by Crippen LogP contribution is -2.13. The first-order chi connectivity index (χ1) is 6.79. The monoisotopic (exact) mass is 195 g/mol. The molecule has 0 aliphatic rings. The zero-order chi connectivity index (χ0) is 10.4. The summed E-state index contributed by atoms with van der Waals surface area (Å²) < 4.78 is 2.26. The Morgan fingerprint density at radius 2 is 2.36 bits per heavy atom. The third-order valence-electron chi connectivity index (χ3n) is 2.48. The van der Waals surface area contributed by atoms with Crippen LogP contribution in [0.4, 0.5) is 0 Å². The van der Waals surface area contributed by atoms with Crippen molar-refractivity contribution >= 4 is 0 Å². The number of nitrogens with zero attached hydrogens (tertiary/aromatic N) is 2. The Morgan fingerprint density at radius 3 is 3.00 bits per heavy atom. The molecule has 1 atom stereocenters. The summed E-state index contributed by atoms with van der Waals surface area (Å²) in [6, 6.07) is 0. The Kier molecular flexibility index (Phi) is 4.66. The highest BCUT2D eigenvalue weighted by atomic mass is 15.1. The second-order valence-corrected chi connectivity index (χ2v) is 3.77. The zero-order valence-corrected chi connectivity index (χ0v) is 9.45. The summed E-state index contributed by atoms with van der Waals surface area (Å²) in [5.74, 6) is 1.77. The number of nitrogens with one attached hydrogen (secondary N) is 1. The Balaban J connectivity index is 2.58. The molecule has 0 amide bonds. The average molecular weight is 195 g/mol. The highest BCUT2D eigenvalue weighted by Crippen LogP contribution is 2.16. The molecule has 0 saturated heterocycles. The van der Waals surface area contributed by atoms with Crippen molar-refractivity contribution in [2.75, 3.05) is 13.6 Å². The lowest BCUT2D eigenvalue weighted by Gasteiger charge is -2.13. The Bertz CT molecular complexity index is 255. The van der Waals surface area contributed by atoms with Gasteiger partial charge in [0.1, 0.15) is 5.82 Å². The van der Waals surface area contributed by atoms with Gasteiger partial charge in [0.05, 0.1) is 0 Å². The molecule has 0 spiro atoms. The minimum Gasteiger partial charge on any atom is -0.335 e. The van der Waals surface area contributed by atoms with E-state index in [0.29, 0.717) is 5.92 Å². The van der Waals surface area contributed by atoms with Gasteiger partial charge in [-0.2, -0.15) is 0 Å². The van der Waals surface area contributed by atoms with Crippen LogP contribution in [-0.4, -0.2) is 23.1 Å². The summed E-state index contributed by atoms with van der Waals surface area (Å²) in [4.78, 5) is 4.42. The van der Waals surface area contributed by atoms with Gasteiger partial charge in [-0.15, -0.1) is 0 Å². The fourth-order valence-corrected chi connectivity index (χ4v) is 1.67. The van der Waals surface area contributed by atoms with Crippen LogP contribution >= 0.6 is 0 Å². The molecule has 14 heavy (non-hydrogen) atoms. The normalized spacial score (nSPS) is 13.1. The van der Waals surface area contributed by atoms with Crippen LogP contribution in [0.25, 0.3) is 0 Å². The van der Waals surface area contributed by atoms with E-state index < -0.39 is 0 Å². The summed E-state index contributed by atoms with van der Waals surface area (Å²) in [5, 5.41) is 3.17. The Labute approximate surface area is 86.5 Å². The van der Waals surface area contributed by atoms with Crippen LogP contribution in [0.15, 0.2) is 12.4 Å². The number of rotatable bonds is 6. The van der Waals surface area contributed by atoms with Crippen LogP contribution in [0.1, 0.15) is 38.4 Å². The quantitative estimate of drug-likeness (QED) is 0.752. The molecule has 0 aliphatic heterocycles. The van der Waals surface area contributed by atoms with E-state index in [1.807, 2.05) is 13.2 Å². The van der Waals surface area contributed by atoms with Crippen molar-refractivity contribution in [3.05, 3.63) is 18.2 Å². The average Bonchev–Trinajstić information content (AvgIpc) is 2.63. The van der Waals surface area contributed by atoms with Gasteiger partial charge in [-0.1, -0.05) is 13.8 Å². The van der Waals surface area contributed by atoms with Crippen molar-refractivity contribution in [1.82, 2.24) is 14.9 Å². The second kappa shape index (κ2) is 5.81. The highest BCUT2D eigenvalue weighted by Gasteiger charge is 2.10. The highest BCUT2D eigenvalue weighted by molar-refractivity contribution is 4.99. The molecule has 1 unspecified atom stereocenters. The van der Waals surface area contributed by atoms with Crippen molar-refractivity contribution in [2.24, 2.45) is 0 Å². The number of hydrogen-bond donors (Lipinski definition) is 1. The molecule has 1 rings (SSSR count). The molecule has 0 aliphatic carbocycles. The van der Waals surface area contributed by atoms with Crippen LogP contribution in [0.3, 0.4) is 0 Å². The van der Waals surface area contributed by atoms with Gasteiger partial charge in [-0.3, -0.25) is 0 Å². The predicted octanol–water partition coefficient (Wildman–Crippen LogP) is 2.01. The van der Waals surface area contributed by atoms with Gasteiger partial charge in [0.25, 0.3) is 0 Å². The van der Waals surface area contributed by atoms with E-state index in [1.165, 1.54) is 12.2 Å². The SMILES string of the molecule is CCCn1ccnc1C(C)CCNC. The fraction of sp³-hybridized carbons (Fsp3) is 0.727. The van der Waals surface area contributed by atoms with Crippen molar-refractivity contribution in [3.63, 3.8) is 0 Å². The van der Waals surface area contributed by atoms with Crippen LogP contribution in [0.2, 0.25) is 0 Å². The zero-order valence-electron chi connectivity index (χ0n) is 9.45. The van der Waals surface area contributed by atoms with E-state index >= 15 is 0 Å². The van der Waals surface area contributed by atoms with E-state index in [-0.39, 0.29) is 0 Å². The maximum Gasteiger partial charge on any atom is 0.111 e. The minimum atomic E-state index is 0.545. The fourth-order valence-electron chi connectivity index (χ4n) is 1.67. The summed E-state index contributed by atoms with van der Waals surface area (Å²) in [6.45, 7) is 6.58. The van der Waals surface area contributed by atoms with E-state index in [0.717, 1.165) is 19.5 Å². The Hall–Kier alpha value is -0.830. The lowest BCUT2D eigenvalue weighted by atomic mass is 10.1. The van der Waals surface area contributed by atoms with Gasteiger partial charge >= 0.3 is 0 Å². The molecule has 0 radical (unpaired) electrons. The number of imidazole rings is 1. The number of aryl methyl sites for hydroxylation is 1. The van der Waals surface area contributed by atoms with E-state index in [2.05, 4.69) is 34.9 Å². The first-order valence-electron chi connectivity index (χ1n) is 5.45. The van der Waals surface area contributed by atoms with Gasteiger partial charge in [-0.05, 0) is 26.4 Å². The Morgan fingerprint density at radius 1 is 1.57 bits per heavy atom. The van der Waals surface area contributed by atoms with Crippen molar-refractivity contribution in [3.8, 4) is 0 Å².